The van der Waals surface area contributed by atoms with Crippen molar-refractivity contribution in [3.63, 3.8) is 0 Å². The monoisotopic (exact) mass is 278 g/mol. The zero-order chi connectivity index (χ0) is 14.9. The Labute approximate surface area is 121 Å². The van der Waals surface area contributed by atoms with Gasteiger partial charge in [0.15, 0.2) is 0 Å². The van der Waals surface area contributed by atoms with E-state index in [-0.39, 0.29) is 5.41 Å². The van der Waals surface area contributed by atoms with Crippen LogP contribution in [0.5, 0.6) is 0 Å². The lowest BCUT2D eigenvalue weighted by Crippen LogP contribution is -2.46. The van der Waals surface area contributed by atoms with E-state index in [1.807, 2.05) is 23.9 Å². The van der Waals surface area contributed by atoms with Gasteiger partial charge in [-0.3, -0.25) is 9.80 Å². The second-order valence-electron chi connectivity index (χ2n) is 6.37. The molecule has 1 amide bonds. The first-order chi connectivity index (χ1) is 9.33. The molecule has 0 radical (unpaired) electrons. The number of likely N-dealkylation sites (tertiary alicyclic amines) is 1. The Balaban J connectivity index is 1.86. The van der Waals surface area contributed by atoms with Crippen molar-refractivity contribution in [2.45, 2.75) is 45.6 Å². The van der Waals surface area contributed by atoms with E-state index in [1.165, 1.54) is 0 Å². The Morgan fingerprint density at radius 2 is 1.95 bits per heavy atom. The average Bonchev–Trinajstić information content (AvgIpc) is 3.17. The first-order valence-electron chi connectivity index (χ1n) is 7.36. The fourth-order valence-electron chi connectivity index (χ4n) is 2.61. The maximum absolute atomic E-state index is 12.3. The quantitative estimate of drug-likeness (QED) is 0.627. The first kappa shape index (κ1) is 14.9. The van der Waals surface area contributed by atoms with E-state index < -0.39 is 0 Å². The van der Waals surface area contributed by atoms with Crippen molar-refractivity contribution < 1.29 is 4.79 Å². The molecule has 5 heteroatoms. The molecule has 0 aromatic rings. The number of nitrogens with two attached hydrogens (primary N) is 1. The normalized spacial score (nSPS) is 22.6. The lowest BCUT2D eigenvalue weighted by Gasteiger charge is -2.36. The van der Waals surface area contributed by atoms with Crippen LogP contribution >= 0.6 is 0 Å². The molecule has 2 N–H and O–H groups in total. The molecule has 2 fully saturated rings. The second kappa shape index (κ2) is 5.46. The highest BCUT2D eigenvalue weighted by Crippen LogP contribution is 2.46. The number of hydrazone groups is 1. The number of carbonyl (C=O) groups excluding carboxylic acids is 1. The summed E-state index contributed by atoms with van der Waals surface area (Å²) in [6.07, 6.45) is 4.03. The van der Waals surface area contributed by atoms with Crippen molar-refractivity contribution in [2.24, 2.45) is 16.3 Å². The van der Waals surface area contributed by atoms with Gasteiger partial charge >= 0.3 is 0 Å². The van der Waals surface area contributed by atoms with Crippen molar-refractivity contribution in [3.05, 3.63) is 12.3 Å². The lowest BCUT2D eigenvalue weighted by molar-refractivity contribution is -0.137. The highest BCUT2D eigenvalue weighted by atomic mass is 16.2. The highest BCUT2D eigenvalue weighted by Gasteiger charge is 2.47. The van der Waals surface area contributed by atoms with Gasteiger partial charge in [0.1, 0.15) is 0 Å². The molecule has 0 aromatic carbocycles. The van der Waals surface area contributed by atoms with Gasteiger partial charge in [-0.15, -0.1) is 0 Å². The van der Waals surface area contributed by atoms with Crippen molar-refractivity contribution in [1.29, 1.82) is 0 Å². The van der Waals surface area contributed by atoms with E-state index in [4.69, 9.17) is 5.73 Å². The van der Waals surface area contributed by atoms with Gasteiger partial charge < -0.3 is 10.6 Å². The van der Waals surface area contributed by atoms with Gasteiger partial charge in [0.25, 0.3) is 0 Å². The van der Waals surface area contributed by atoms with Crippen LogP contribution in [0.4, 0.5) is 0 Å². The van der Waals surface area contributed by atoms with Crippen LogP contribution in [0.2, 0.25) is 0 Å². The van der Waals surface area contributed by atoms with Crippen molar-refractivity contribution >= 4 is 11.6 Å². The summed E-state index contributed by atoms with van der Waals surface area (Å²) in [7, 11) is 1.97. The summed E-state index contributed by atoms with van der Waals surface area (Å²) in [5.74, 6) is 0.341. The minimum absolute atomic E-state index is 0.0508. The fraction of sp³-hybridized carbons (Fsp3) is 0.733. The summed E-state index contributed by atoms with van der Waals surface area (Å²) in [5.41, 5.74) is 6.84. The van der Waals surface area contributed by atoms with Crippen LogP contribution in [0.15, 0.2) is 17.4 Å². The van der Waals surface area contributed by atoms with Gasteiger partial charge in [-0.1, -0.05) is 13.5 Å². The summed E-state index contributed by atoms with van der Waals surface area (Å²) in [4.78, 5) is 14.3. The predicted octanol–water partition coefficient (Wildman–Crippen LogP) is 1.56. The van der Waals surface area contributed by atoms with E-state index in [1.54, 1.807) is 0 Å². The van der Waals surface area contributed by atoms with E-state index >= 15 is 0 Å². The van der Waals surface area contributed by atoms with Gasteiger partial charge in [-0.2, -0.15) is 5.10 Å². The van der Waals surface area contributed by atoms with Crippen molar-refractivity contribution in [2.75, 3.05) is 20.1 Å². The van der Waals surface area contributed by atoms with Crippen molar-refractivity contribution in [1.82, 2.24) is 9.91 Å². The summed E-state index contributed by atoms with van der Waals surface area (Å²) >= 11 is 0. The Bertz CT molecular complexity index is 431. The van der Waals surface area contributed by atoms with Gasteiger partial charge in [-0.05, 0) is 32.6 Å². The molecule has 1 aliphatic heterocycles. The molecule has 0 spiro atoms. The summed E-state index contributed by atoms with van der Waals surface area (Å²) in [5, 5.41) is 6.42. The molecule has 5 nitrogen and oxygen atoms in total. The number of nitrogens with zero attached hydrogens (tertiary/aromatic N) is 3. The molecule has 1 heterocycles. The van der Waals surface area contributed by atoms with Gasteiger partial charge in [0.2, 0.25) is 5.91 Å². The summed E-state index contributed by atoms with van der Waals surface area (Å²) < 4.78 is 0. The molecule has 2 rings (SSSR count). The SMILES string of the molecule is C=C(N)/C(C)=N\N(C)C1CCN(C(=O)C2(C)CC2)CC1. The van der Waals surface area contributed by atoms with Crippen molar-refractivity contribution in [3.8, 4) is 0 Å². The van der Waals surface area contributed by atoms with Gasteiger partial charge in [0, 0.05) is 31.2 Å². The van der Waals surface area contributed by atoms with E-state index in [0.29, 0.717) is 17.6 Å². The maximum atomic E-state index is 12.3. The number of carbonyl (C=O) groups is 1. The molecule has 0 bridgehead atoms. The number of rotatable bonds is 4. The molecule has 1 aliphatic carbocycles. The van der Waals surface area contributed by atoms with Crippen LogP contribution in [0.1, 0.15) is 39.5 Å². The number of allylic oxidation sites excluding steroid dienone is 1. The van der Waals surface area contributed by atoms with Crippen LogP contribution in [0.3, 0.4) is 0 Å². The predicted molar refractivity (Wildman–Crippen MR) is 81.1 cm³/mol. The molecule has 1 saturated heterocycles. The van der Waals surface area contributed by atoms with Gasteiger partial charge in [-0.25, -0.2) is 0 Å². The number of amides is 1. The lowest BCUT2D eigenvalue weighted by atomic mass is 10.0. The third kappa shape index (κ3) is 3.14. The van der Waals surface area contributed by atoms with Crippen LogP contribution in [0.25, 0.3) is 0 Å². The molecule has 0 unspecified atom stereocenters. The molecule has 0 atom stereocenters. The minimum Gasteiger partial charge on any atom is -0.398 e. The third-order valence-corrected chi connectivity index (χ3v) is 4.57. The first-order valence-corrected chi connectivity index (χ1v) is 7.36. The fourth-order valence-corrected chi connectivity index (χ4v) is 2.61. The van der Waals surface area contributed by atoms with Crippen LogP contribution in [0, 0.1) is 5.41 Å². The topological polar surface area (TPSA) is 61.9 Å². The molecule has 1 saturated carbocycles. The minimum atomic E-state index is -0.0508. The Morgan fingerprint density at radius 3 is 2.40 bits per heavy atom. The molecule has 2 aliphatic rings. The Morgan fingerprint density at radius 1 is 1.40 bits per heavy atom. The molecular weight excluding hydrogens is 252 g/mol. The standard InChI is InChI=1S/C15H26N4O/c1-11(16)12(2)17-18(4)13-5-9-19(10-6-13)14(20)15(3)7-8-15/h13H,1,5-10,16H2,2-4H3/b17-12-. The maximum Gasteiger partial charge on any atom is 0.228 e. The third-order valence-electron chi connectivity index (χ3n) is 4.57. The Kier molecular flexibility index (Phi) is 4.06. The molecule has 112 valence electrons. The zero-order valence-electron chi connectivity index (χ0n) is 12.9. The summed E-state index contributed by atoms with van der Waals surface area (Å²) in [6, 6.07) is 0.375. The van der Waals surface area contributed by atoms with E-state index in [0.717, 1.165) is 44.5 Å². The molecule has 0 aromatic heterocycles. The smallest absolute Gasteiger partial charge is 0.228 e. The Hall–Kier alpha value is -1.52. The second-order valence-corrected chi connectivity index (χ2v) is 6.37. The van der Waals surface area contributed by atoms with Crippen LogP contribution in [-0.4, -0.2) is 47.7 Å². The van der Waals surface area contributed by atoms with E-state index in [2.05, 4.69) is 18.6 Å². The molecular formula is C15H26N4O. The van der Waals surface area contributed by atoms with Gasteiger partial charge in [0.05, 0.1) is 11.8 Å². The number of hydrogen-bond donors (Lipinski definition) is 1. The van der Waals surface area contributed by atoms with Crippen LogP contribution < -0.4 is 5.73 Å². The zero-order valence-corrected chi connectivity index (χ0v) is 12.9. The van der Waals surface area contributed by atoms with Crippen LogP contribution in [-0.2, 0) is 4.79 Å². The summed E-state index contributed by atoms with van der Waals surface area (Å²) in [6.45, 7) is 9.30. The molecule has 20 heavy (non-hydrogen) atoms. The highest BCUT2D eigenvalue weighted by molar-refractivity contribution is 5.96. The number of hydrogen-bond acceptors (Lipinski definition) is 4. The van der Waals surface area contributed by atoms with E-state index in [9.17, 15) is 4.79 Å². The average molecular weight is 278 g/mol. The largest absolute Gasteiger partial charge is 0.398 e. The number of piperidine rings is 1.